The molecule has 3 aromatic carbocycles. The molecule has 0 aliphatic rings. The van der Waals surface area contributed by atoms with Crippen molar-refractivity contribution in [1.82, 2.24) is 0 Å². The van der Waals surface area contributed by atoms with E-state index in [4.69, 9.17) is 0 Å². The van der Waals surface area contributed by atoms with Gasteiger partial charge in [0.1, 0.15) is 5.69 Å². The van der Waals surface area contributed by atoms with Crippen LogP contribution in [0.2, 0.25) is 0 Å². The molecule has 2 heteroatoms. The molecular formula is C21H23NO. The number of rotatable bonds is 5. The van der Waals surface area contributed by atoms with Crippen molar-refractivity contribution in [3.8, 4) is 0 Å². The summed E-state index contributed by atoms with van der Waals surface area (Å²) in [5.41, 5.74) is 4.11. The van der Waals surface area contributed by atoms with Crippen LogP contribution in [0.3, 0.4) is 0 Å². The molecule has 0 bridgehead atoms. The Balaban J connectivity index is 2.31. The number of aryl methyl sites for hydroxylation is 3. The third-order valence-corrected chi connectivity index (χ3v) is 4.92. The van der Waals surface area contributed by atoms with Gasteiger partial charge in [-0.3, -0.25) is 0 Å². The van der Waals surface area contributed by atoms with Gasteiger partial charge in [-0.2, -0.15) is 0 Å². The molecule has 0 N–H and O–H groups in total. The maximum absolute atomic E-state index is 11.6. The van der Waals surface area contributed by atoms with E-state index in [0.29, 0.717) is 5.69 Å². The second-order valence-corrected chi connectivity index (χ2v) is 6.34. The standard InChI is InChI=1S/C21H23NO/c1-4-5-6-9-16-12-13-19-14(2)17-10-7-8-11-18(17)15(3)20(19)21(16)22-23/h7-8,10-13H,4-6,9H2,1-3H3. The third kappa shape index (κ3) is 2.63. The maximum atomic E-state index is 11.6. The Morgan fingerprint density at radius 3 is 2.22 bits per heavy atom. The zero-order valence-electron chi connectivity index (χ0n) is 14.1. The lowest BCUT2D eigenvalue weighted by atomic mass is 9.90. The van der Waals surface area contributed by atoms with Crippen LogP contribution in [0.15, 0.2) is 41.6 Å². The summed E-state index contributed by atoms with van der Waals surface area (Å²) < 4.78 is 0. The molecule has 0 fully saturated rings. The van der Waals surface area contributed by atoms with E-state index in [-0.39, 0.29) is 0 Å². The van der Waals surface area contributed by atoms with Gasteiger partial charge in [0.05, 0.1) is 0 Å². The van der Waals surface area contributed by atoms with Gasteiger partial charge >= 0.3 is 0 Å². The molecule has 0 heterocycles. The minimum Gasteiger partial charge on any atom is -0.145 e. The molecule has 0 saturated heterocycles. The Kier molecular flexibility index (Phi) is 4.42. The maximum Gasteiger partial charge on any atom is 0.119 e. The lowest BCUT2D eigenvalue weighted by Gasteiger charge is -2.15. The Morgan fingerprint density at radius 2 is 1.57 bits per heavy atom. The van der Waals surface area contributed by atoms with E-state index in [2.05, 4.69) is 62.3 Å². The Morgan fingerprint density at radius 1 is 0.870 bits per heavy atom. The quantitative estimate of drug-likeness (QED) is 0.291. The molecule has 0 unspecified atom stereocenters. The summed E-state index contributed by atoms with van der Waals surface area (Å²) in [5.74, 6) is 0. The van der Waals surface area contributed by atoms with Crippen LogP contribution in [0.25, 0.3) is 21.5 Å². The normalized spacial score (nSPS) is 11.3. The van der Waals surface area contributed by atoms with Crippen molar-refractivity contribution in [3.63, 3.8) is 0 Å². The molecule has 3 rings (SSSR count). The largest absolute Gasteiger partial charge is 0.145 e. The molecule has 0 saturated carbocycles. The molecule has 2 nitrogen and oxygen atoms in total. The molecule has 0 aromatic heterocycles. The zero-order chi connectivity index (χ0) is 16.4. The first-order chi connectivity index (χ1) is 11.2. The summed E-state index contributed by atoms with van der Waals surface area (Å²) in [6, 6.07) is 12.7. The lowest BCUT2D eigenvalue weighted by Crippen LogP contribution is -1.93. The van der Waals surface area contributed by atoms with E-state index in [1.807, 2.05) is 0 Å². The fraction of sp³-hybridized carbons (Fsp3) is 0.333. The predicted octanol–water partition coefficient (Wildman–Crippen LogP) is 6.74. The Labute approximate surface area is 137 Å². The van der Waals surface area contributed by atoms with Crippen LogP contribution in [0.4, 0.5) is 5.69 Å². The fourth-order valence-electron chi connectivity index (χ4n) is 3.61. The predicted molar refractivity (Wildman–Crippen MR) is 99.6 cm³/mol. The Hall–Kier alpha value is -2.22. The summed E-state index contributed by atoms with van der Waals surface area (Å²) >= 11 is 0. The van der Waals surface area contributed by atoms with Gasteiger partial charge in [0.2, 0.25) is 0 Å². The molecular weight excluding hydrogens is 282 g/mol. The first kappa shape index (κ1) is 15.7. The fourth-order valence-corrected chi connectivity index (χ4v) is 3.61. The first-order valence-corrected chi connectivity index (χ1v) is 8.45. The van der Waals surface area contributed by atoms with Crippen LogP contribution in [-0.2, 0) is 6.42 Å². The molecule has 0 aliphatic carbocycles. The number of hydrogen-bond donors (Lipinski definition) is 0. The lowest BCUT2D eigenvalue weighted by molar-refractivity contribution is 0.718. The highest BCUT2D eigenvalue weighted by molar-refractivity contribution is 6.10. The van der Waals surface area contributed by atoms with Crippen molar-refractivity contribution in [2.45, 2.75) is 46.5 Å². The summed E-state index contributed by atoms with van der Waals surface area (Å²) in [4.78, 5) is 11.6. The van der Waals surface area contributed by atoms with E-state index >= 15 is 0 Å². The van der Waals surface area contributed by atoms with Gasteiger partial charge in [0.15, 0.2) is 0 Å². The SMILES string of the molecule is CCCCCc1ccc2c(C)c3ccccc3c(C)c2c1N=O. The number of hydrogen-bond acceptors (Lipinski definition) is 2. The van der Waals surface area contributed by atoms with Crippen LogP contribution in [0, 0.1) is 18.8 Å². The number of nitroso groups, excluding NO2 is 1. The molecule has 0 radical (unpaired) electrons. The van der Waals surface area contributed by atoms with Gasteiger partial charge < -0.3 is 0 Å². The van der Waals surface area contributed by atoms with Crippen LogP contribution >= 0.6 is 0 Å². The van der Waals surface area contributed by atoms with E-state index in [0.717, 1.165) is 34.7 Å². The van der Waals surface area contributed by atoms with Crippen molar-refractivity contribution < 1.29 is 0 Å². The number of benzene rings is 3. The van der Waals surface area contributed by atoms with Crippen LogP contribution in [0.5, 0.6) is 0 Å². The molecule has 0 aliphatic heterocycles. The molecule has 118 valence electrons. The second-order valence-electron chi connectivity index (χ2n) is 6.34. The molecule has 0 atom stereocenters. The summed E-state index contributed by atoms with van der Waals surface area (Å²) in [6.07, 6.45) is 4.40. The van der Waals surface area contributed by atoms with E-state index in [1.54, 1.807) is 0 Å². The van der Waals surface area contributed by atoms with Crippen LogP contribution in [0.1, 0.15) is 42.9 Å². The molecule has 23 heavy (non-hydrogen) atoms. The van der Waals surface area contributed by atoms with Gasteiger partial charge in [-0.25, -0.2) is 0 Å². The zero-order valence-corrected chi connectivity index (χ0v) is 14.1. The topological polar surface area (TPSA) is 29.4 Å². The minimum atomic E-state index is 0.643. The van der Waals surface area contributed by atoms with Crippen molar-refractivity contribution in [1.29, 1.82) is 0 Å². The molecule has 0 spiro atoms. The van der Waals surface area contributed by atoms with Gasteiger partial charge in [-0.1, -0.05) is 56.2 Å². The molecule has 0 amide bonds. The highest BCUT2D eigenvalue weighted by Gasteiger charge is 2.15. The van der Waals surface area contributed by atoms with Crippen molar-refractivity contribution in [3.05, 3.63) is 58.0 Å². The number of fused-ring (bicyclic) bond motifs is 2. The summed E-state index contributed by atoms with van der Waals surface area (Å²) in [5, 5.41) is 8.09. The van der Waals surface area contributed by atoms with Crippen molar-refractivity contribution in [2.24, 2.45) is 5.18 Å². The van der Waals surface area contributed by atoms with Crippen LogP contribution < -0.4 is 0 Å². The third-order valence-electron chi connectivity index (χ3n) is 4.92. The smallest absolute Gasteiger partial charge is 0.119 e. The molecule has 3 aromatic rings. The second kappa shape index (κ2) is 6.49. The first-order valence-electron chi connectivity index (χ1n) is 8.45. The van der Waals surface area contributed by atoms with Gasteiger partial charge in [0.25, 0.3) is 0 Å². The average Bonchev–Trinajstić information content (AvgIpc) is 2.59. The van der Waals surface area contributed by atoms with E-state index < -0.39 is 0 Å². The summed E-state index contributed by atoms with van der Waals surface area (Å²) in [7, 11) is 0. The van der Waals surface area contributed by atoms with Crippen molar-refractivity contribution in [2.75, 3.05) is 0 Å². The van der Waals surface area contributed by atoms with E-state index in [1.165, 1.54) is 29.2 Å². The Bertz CT molecular complexity index is 880. The van der Waals surface area contributed by atoms with Gasteiger partial charge in [-0.05, 0) is 64.7 Å². The van der Waals surface area contributed by atoms with E-state index in [9.17, 15) is 4.91 Å². The van der Waals surface area contributed by atoms with Crippen molar-refractivity contribution >= 4 is 27.2 Å². The highest BCUT2D eigenvalue weighted by Crippen LogP contribution is 2.39. The number of unbranched alkanes of at least 4 members (excludes halogenated alkanes) is 2. The van der Waals surface area contributed by atoms with Crippen LogP contribution in [-0.4, -0.2) is 0 Å². The number of nitrogens with zero attached hydrogens (tertiary/aromatic N) is 1. The monoisotopic (exact) mass is 305 g/mol. The minimum absolute atomic E-state index is 0.643. The highest BCUT2D eigenvalue weighted by atomic mass is 16.3. The summed E-state index contributed by atoms with van der Waals surface area (Å²) in [6.45, 7) is 6.43. The average molecular weight is 305 g/mol. The van der Waals surface area contributed by atoms with Gasteiger partial charge in [-0.15, -0.1) is 4.91 Å². The van der Waals surface area contributed by atoms with Gasteiger partial charge in [0, 0.05) is 5.39 Å².